The normalized spacial score (nSPS) is 24.2. The van der Waals surface area contributed by atoms with E-state index in [0.717, 1.165) is 6.42 Å². The second-order valence-electron chi connectivity index (χ2n) is 4.13. The van der Waals surface area contributed by atoms with Gasteiger partial charge in [-0.15, -0.1) is 0 Å². The van der Waals surface area contributed by atoms with E-state index in [4.69, 9.17) is 5.11 Å². The molecule has 0 aliphatic heterocycles. The summed E-state index contributed by atoms with van der Waals surface area (Å²) in [4.78, 5) is 11.1. The highest BCUT2D eigenvalue weighted by Crippen LogP contribution is 2.44. The van der Waals surface area contributed by atoms with Crippen molar-refractivity contribution in [3.05, 3.63) is 12.2 Å². The molecule has 1 rings (SSSR count). The summed E-state index contributed by atoms with van der Waals surface area (Å²) < 4.78 is 25.8. The molecule has 4 heteroatoms. The lowest BCUT2D eigenvalue weighted by Crippen LogP contribution is -2.37. The molecule has 0 atom stereocenters. The van der Waals surface area contributed by atoms with Crippen LogP contribution in [0, 0.1) is 5.41 Å². The van der Waals surface area contributed by atoms with Gasteiger partial charge in [-0.25, -0.2) is 8.78 Å². The summed E-state index contributed by atoms with van der Waals surface area (Å²) in [6.45, 7) is 1.89. The fourth-order valence-electron chi connectivity index (χ4n) is 1.86. The third-order valence-electron chi connectivity index (χ3n) is 2.97. The summed E-state index contributed by atoms with van der Waals surface area (Å²) in [5.41, 5.74) is -1.06. The first-order valence-corrected chi connectivity index (χ1v) is 5.21. The Bertz CT molecular complexity index is 262. The maximum absolute atomic E-state index is 12.9. The molecule has 86 valence electrons. The zero-order chi connectivity index (χ0) is 11.5. The zero-order valence-corrected chi connectivity index (χ0v) is 8.80. The molecule has 0 unspecified atom stereocenters. The Balaban J connectivity index is 2.78. The predicted octanol–water partition coefficient (Wildman–Crippen LogP) is 3.23. The van der Waals surface area contributed by atoms with Crippen LogP contribution < -0.4 is 0 Å². The van der Waals surface area contributed by atoms with Crippen molar-refractivity contribution in [2.45, 2.75) is 45.0 Å². The highest BCUT2D eigenvalue weighted by Gasteiger charge is 2.46. The fourth-order valence-corrected chi connectivity index (χ4v) is 1.86. The molecule has 1 saturated carbocycles. The number of carboxylic acids is 1. The molecule has 0 aromatic carbocycles. The van der Waals surface area contributed by atoms with Crippen molar-refractivity contribution in [2.24, 2.45) is 5.41 Å². The maximum atomic E-state index is 12.9. The Labute approximate surface area is 88.0 Å². The molecule has 0 spiro atoms. The fraction of sp³-hybridized carbons (Fsp3) is 0.727. The molecular weight excluding hydrogens is 202 g/mol. The van der Waals surface area contributed by atoms with Crippen molar-refractivity contribution < 1.29 is 18.7 Å². The van der Waals surface area contributed by atoms with E-state index in [0.29, 0.717) is 0 Å². The van der Waals surface area contributed by atoms with Crippen LogP contribution in [0.25, 0.3) is 0 Å². The minimum Gasteiger partial charge on any atom is -0.481 e. The minimum absolute atomic E-state index is 0.0336. The average Bonchev–Trinajstić information content (AvgIpc) is 2.16. The van der Waals surface area contributed by atoms with Crippen LogP contribution in [0.5, 0.6) is 0 Å². The number of hydrogen-bond donors (Lipinski definition) is 1. The van der Waals surface area contributed by atoms with E-state index in [-0.39, 0.29) is 25.7 Å². The highest BCUT2D eigenvalue weighted by molar-refractivity contribution is 5.77. The molecule has 0 aromatic heterocycles. The smallest absolute Gasteiger partial charge is 0.313 e. The van der Waals surface area contributed by atoms with E-state index >= 15 is 0 Å². The molecule has 0 radical (unpaired) electrons. The number of halogens is 2. The molecule has 0 amide bonds. The Morgan fingerprint density at radius 1 is 1.33 bits per heavy atom. The molecule has 0 aromatic rings. The summed E-state index contributed by atoms with van der Waals surface area (Å²) in [5.74, 6) is -3.67. The predicted molar refractivity (Wildman–Crippen MR) is 52.9 cm³/mol. The van der Waals surface area contributed by atoms with Gasteiger partial charge >= 0.3 is 5.97 Å². The van der Waals surface area contributed by atoms with Crippen LogP contribution in [0.4, 0.5) is 8.78 Å². The van der Waals surface area contributed by atoms with Gasteiger partial charge in [0, 0.05) is 12.8 Å². The molecule has 0 bridgehead atoms. The number of alkyl halides is 2. The monoisotopic (exact) mass is 218 g/mol. The molecule has 0 heterocycles. The van der Waals surface area contributed by atoms with Gasteiger partial charge in [-0.2, -0.15) is 0 Å². The van der Waals surface area contributed by atoms with Gasteiger partial charge in [0.1, 0.15) is 0 Å². The van der Waals surface area contributed by atoms with Crippen LogP contribution in [-0.4, -0.2) is 17.0 Å². The number of rotatable bonds is 3. The first-order valence-electron chi connectivity index (χ1n) is 5.21. The third kappa shape index (κ3) is 2.76. The molecule has 1 fully saturated rings. The van der Waals surface area contributed by atoms with Gasteiger partial charge in [-0.1, -0.05) is 19.1 Å². The maximum Gasteiger partial charge on any atom is 0.313 e. The highest BCUT2D eigenvalue weighted by atomic mass is 19.3. The van der Waals surface area contributed by atoms with Gasteiger partial charge in [0.25, 0.3) is 0 Å². The molecule has 2 nitrogen and oxygen atoms in total. The van der Waals surface area contributed by atoms with Crippen molar-refractivity contribution in [1.82, 2.24) is 0 Å². The molecular formula is C11H16F2O2. The van der Waals surface area contributed by atoms with Crippen LogP contribution in [0.3, 0.4) is 0 Å². The summed E-state index contributed by atoms with van der Waals surface area (Å²) in [6.07, 6.45) is 3.48. The molecule has 15 heavy (non-hydrogen) atoms. The lowest BCUT2D eigenvalue weighted by atomic mass is 9.72. The Morgan fingerprint density at radius 3 is 2.27 bits per heavy atom. The lowest BCUT2D eigenvalue weighted by molar-refractivity contribution is -0.152. The Kier molecular flexibility index (Phi) is 3.47. The van der Waals surface area contributed by atoms with Crippen molar-refractivity contribution in [2.75, 3.05) is 0 Å². The van der Waals surface area contributed by atoms with Crippen LogP contribution in [-0.2, 0) is 4.79 Å². The number of carboxylic acid groups (broad SMARTS) is 1. The minimum atomic E-state index is -2.68. The van der Waals surface area contributed by atoms with Gasteiger partial charge in [0.2, 0.25) is 5.92 Å². The molecule has 1 aliphatic rings. The quantitative estimate of drug-likeness (QED) is 0.738. The van der Waals surface area contributed by atoms with Gasteiger partial charge in [0.15, 0.2) is 0 Å². The van der Waals surface area contributed by atoms with Crippen molar-refractivity contribution in [3.63, 3.8) is 0 Å². The summed E-state index contributed by atoms with van der Waals surface area (Å²) in [5, 5.41) is 9.09. The molecule has 1 aliphatic carbocycles. The summed E-state index contributed by atoms with van der Waals surface area (Å²) in [7, 11) is 0. The van der Waals surface area contributed by atoms with Gasteiger partial charge in [-0.05, 0) is 19.3 Å². The first kappa shape index (κ1) is 12.1. The van der Waals surface area contributed by atoms with E-state index in [1.807, 2.05) is 6.92 Å². The lowest BCUT2D eigenvalue weighted by Gasteiger charge is -2.34. The van der Waals surface area contributed by atoms with Gasteiger partial charge in [0.05, 0.1) is 5.41 Å². The van der Waals surface area contributed by atoms with E-state index in [1.54, 1.807) is 12.2 Å². The van der Waals surface area contributed by atoms with Crippen molar-refractivity contribution in [3.8, 4) is 0 Å². The van der Waals surface area contributed by atoms with Crippen molar-refractivity contribution >= 4 is 5.97 Å². The van der Waals surface area contributed by atoms with Crippen LogP contribution >= 0.6 is 0 Å². The number of allylic oxidation sites excluding steroid dienone is 1. The van der Waals surface area contributed by atoms with Crippen LogP contribution in [0.1, 0.15) is 39.0 Å². The molecule has 1 N–H and O–H groups in total. The number of carbonyl (C=O) groups is 1. The topological polar surface area (TPSA) is 37.3 Å². The SMILES string of the molecule is CC/C=C/C1(C(=O)O)CCC(F)(F)CC1. The second kappa shape index (κ2) is 4.29. The van der Waals surface area contributed by atoms with Crippen LogP contribution in [0.2, 0.25) is 0 Å². The standard InChI is InChI=1S/C11H16F2O2/c1-2-3-4-10(9(14)15)5-7-11(12,13)8-6-10/h3-4H,2,5-8H2,1H3,(H,14,15)/b4-3+. The summed E-state index contributed by atoms with van der Waals surface area (Å²) in [6, 6.07) is 0. The van der Waals surface area contributed by atoms with Gasteiger partial charge < -0.3 is 5.11 Å². The molecule has 0 saturated heterocycles. The Hall–Kier alpha value is -0.930. The zero-order valence-electron chi connectivity index (χ0n) is 8.80. The number of hydrogen-bond acceptors (Lipinski definition) is 1. The summed E-state index contributed by atoms with van der Waals surface area (Å²) >= 11 is 0. The third-order valence-corrected chi connectivity index (χ3v) is 2.97. The van der Waals surface area contributed by atoms with Crippen LogP contribution in [0.15, 0.2) is 12.2 Å². The van der Waals surface area contributed by atoms with E-state index < -0.39 is 17.3 Å². The largest absolute Gasteiger partial charge is 0.481 e. The Morgan fingerprint density at radius 2 is 1.87 bits per heavy atom. The first-order chi connectivity index (χ1) is 6.92. The van der Waals surface area contributed by atoms with E-state index in [9.17, 15) is 13.6 Å². The van der Waals surface area contributed by atoms with Crippen molar-refractivity contribution in [1.29, 1.82) is 0 Å². The average molecular weight is 218 g/mol. The van der Waals surface area contributed by atoms with E-state index in [1.165, 1.54) is 0 Å². The van der Waals surface area contributed by atoms with E-state index in [2.05, 4.69) is 0 Å². The second-order valence-corrected chi connectivity index (χ2v) is 4.13. The van der Waals surface area contributed by atoms with Gasteiger partial charge in [-0.3, -0.25) is 4.79 Å². The number of aliphatic carboxylic acids is 1.